The molecule has 18 heavy (non-hydrogen) atoms. The van der Waals surface area contributed by atoms with Gasteiger partial charge in [-0.1, -0.05) is 11.3 Å². The van der Waals surface area contributed by atoms with E-state index in [9.17, 15) is 22.4 Å². The van der Waals surface area contributed by atoms with E-state index in [1.54, 1.807) is 0 Å². The summed E-state index contributed by atoms with van der Waals surface area (Å²) in [5, 5.41) is 10.3. The van der Waals surface area contributed by atoms with Crippen molar-refractivity contribution in [3.8, 4) is 0 Å². The van der Waals surface area contributed by atoms with E-state index in [0.717, 1.165) is 0 Å². The number of rotatable bonds is 3. The van der Waals surface area contributed by atoms with E-state index >= 15 is 0 Å². The standard InChI is InChI=1S/C8H8F4N4OS/c9-4(10)6-15-16-7(18-6)14-5(17)3-1-8(11,12)2-13-3/h3-4,13H,1-2H2,(H,14,16,17). The SMILES string of the molecule is O=C(Nc1nnc(C(F)F)s1)C1CC(F)(F)CN1. The number of alkyl halides is 4. The zero-order valence-electron chi connectivity index (χ0n) is 8.79. The summed E-state index contributed by atoms with van der Waals surface area (Å²) < 4.78 is 50.1. The number of amides is 1. The lowest BCUT2D eigenvalue weighted by Gasteiger charge is -2.08. The minimum Gasteiger partial charge on any atom is -0.300 e. The number of nitrogens with one attached hydrogen (secondary N) is 2. The molecule has 2 rings (SSSR count). The van der Waals surface area contributed by atoms with Crippen LogP contribution in [0.15, 0.2) is 0 Å². The van der Waals surface area contributed by atoms with Gasteiger partial charge in [-0.25, -0.2) is 17.6 Å². The summed E-state index contributed by atoms with van der Waals surface area (Å²) in [6, 6.07) is -1.06. The summed E-state index contributed by atoms with van der Waals surface area (Å²) in [5.74, 6) is -3.67. The van der Waals surface area contributed by atoms with E-state index in [1.165, 1.54) is 0 Å². The van der Waals surface area contributed by atoms with Gasteiger partial charge in [0.15, 0.2) is 5.01 Å². The summed E-state index contributed by atoms with van der Waals surface area (Å²) in [7, 11) is 0. The van der Waals surface area contributed by atoms with Crippen LogP contribution in [-0.2, 0) is 4.79 Å². The molecule has 2 N–H and O–H groups in total. The predicted octanol–water partition coefficient (Wildman–Crippen LogP) is 1.41. The average Bonchev–Trinajstić information content (AvgIpc) is 2.84. The quantitative estimate of drug-likeness (QED) is 0.824. The number of carbonyl (C=O) groups is 1. The first kappa shape index (κ1) is 13.1. The van der Waals surface area contributed by atoms with Crippen molar-refractivity contribution in [3.05, 3.63) is 5.01 Å². The number of halogens is 4. The summed E-state index contributed by atoms with van der Waals surface area (Å²) >= 11 is 0.509. The topological polar surface area (TPSA) is 66.9 Å². The zero-order valence-corrected chi connectivity index (χ0v) is 9.61. The number of carbonyl (C=O) groups excluding carboxylic acids is 1. The summed E-state index contributed by atoms with van der Waals surface area (Å²) in [6.45, 7) is -0.580. The maximum atomic E-state index is 12.8. The number of hydrogen-bond acceptors (Lipinski definition) is 5. The molecule has 100 valence electrons. The Morgan fingerprint density at radius 2 is 2.22 bits per heavy atom. The molecule has 1 atom stereocenters. The van der Waals surface area contributed by atoms with E-state index in [4.69, 9.17) is 0 Å². The van der Waals surface area contributed by atoms with Crippen LogP contribution in [0.3, 0.4) is 0 Å². The molecule has 1 aromatic rings. The van der Waals surface area contributed by atoms with Crippen LogP contribution in [0.2, 0.25) is 0 Å². The van der Waals surface area contributed by atoms with E-state index in [1.807, 2.05) is 0 Å². The van der Waals surface area contributed by atoms with Gasteiger partial charge in [0.2, 0.25) is 11.0 Å². The van der Waals surface area contributed by atoms with Crippen LogP contribution in [0, 0.1) is 0 Å². The van der Waals surface area contributed by atoms with Crippen LogP contribution >= 0.6 is 11.3 Å². The summed E-state index contributed by atoms with van der Waals surface area (Å²) in [4.78, 5) is 11.5. The first-order chi connectivity index (χ1) is 8.37. The third kappa shape index (κ3) is 2.93. The van der Waals surface area contributed by atoms with E-state index in [-0.39, 0.29) is 5.13 Å². The molecule has 0 radical (unpaired) electrons. The van der Waals surface area contributed by atoms with Gasteiger partial charge < -0.3 is 0 Å². The highest BCUT2D eigenvalue weighted by molar-refractivity contribution is 7.15. The molecule has 0 bridgehead atoms. The molecule has 2 heterocycles. The van der Waals surface area contributed by atoms with Gasteiger partial charge in [-0.15, -0.1) is 10.2 Å². The summed E-state index contributed by atoms with van der Waals surface area (Å²) in [6.07, 6.45) is -3.40. The van der Waals surface area contributed by atoms with Crippen molar-refractivity contribution in [2.45, 2.75) is 24.8 Å². The maximum Gasteiger partial charge on any atom is 0.291 e. The van der Waals surface area contributed by atoms with Gasteiger partial charge in [-0.05, 0) is 0 Å². The third-order valence-electron chi connectivity index (χ3n) is 2.28. The first-order valence-electron chi connectivity index (χ1n) is 4.91. The van der Waals surface area contributed by atoms with Crippen LogP contribution < -0.4 is 10.6 Å². The van der Waals surface area contributed by atoms with E-state index in [2.05, 4.69) is 20.8 Å². The lowest BCUT2D eigenvalue weighted by atomic mass is 10.2. The molecule has 1 amide bonds. The predicted molar refractivity (Wildman–Crippen MR) is 54.9 cm³/mol. The fraction of sp³-hybridized carbons (Fsp3) is 0.625. The normalized spacial score (nSPS) is 22.4. The van der Waals surface area contributed by atoms with Crippen LogP contribution in [0.5, 0.6) is 0 Å². The Balaban J connectivity index is 1.95. The number of hydrogen-bond donors (Lipinski definition) is 2. The Morgan fingerprint density at radius 3 is 2.72 bits per heavy atom. The fourth-order valence-electron chi connectivity index (χ4n) is 1.47. The molecule has 1 aromatic heterocycles. The molecule has 1 fully saturated rings. The van der Waals surface area contributed by atoms with E-state index in [0.29, 0.717) is 11.3 Å². The van der Waals surface area contributed by atoms with Gasteiger partial charge in [0.05, 0.1) is 12.6 Å². The molecular weight excluding hydrogens is 276 g/mol. The highest BCUT2D eigenvalue weighted by atomic mass is 32.1. The zero-order chi connectivity index (χ0) is 13.3. The molecular formula is C8H8F4N4OS. The third-order valence-corrected chi connectivity index (χ3v) is 3.13. The molecule has 0 aliphatic carbocycles. The van der Waals surface area contributed by atoms with Gasteiger partial charge in [-0.2, -0.15) is 0 Å². The van der Waals surface area contributed by atoms with Crippen LogP contribution in [-0.4, -0.2) is 34.6 Å². The molecule has 1 saturated heterocycles. The van der Waals surface area contributed by atoms with Crippen molar-refractivity contribution in [3.63, 3.8) is 0 Å². The second-order valence-electron chi connectivity index (χ2n) is 3.73. The Bertz CT molecular complexity index is 452. The lowest BCUT2D eigenvalue weighted by Crippen LogP contribution is -2.35. The Kier molecular flexibility index (Phi) is 3.48. The lowest BCUT2D eigenvalue weighted by molar-refractivity contribution is -0.118. The highest BCUT2D eigenvalue weighted by Crippen LogP contribution is 2.27. The second-order valence-corrected chi connectivity index (χ2v) is 4.74. The molecule has 1 aliphatic rings. The van der Waals surface area contributed by atoms with Crippen molar-refractivity contribution < 1.29 is 22.4 Å². The van der Waals surface area contributed by atoms with Gasteiger partial charge >= 0.3 is 0 Å². The molecule has 5 nitrogen and oxygen atoms in total. The second kappa shape index (κ2) is 4.76. The van der Waals surface area contributed by atoms with Crippen LogP contribution in [0.4, 0.5) is 22.7 Å². The van der Waals surface area contributed by atoms with Gasteiger partial charge in [-0.3, -0.25) is 15.4 Å². The number of aromatic nitrogens is 2. The van der Waals surface area contributed by atoms with E-state index < -0.39 is 42.3 Å². The first-order valence-corrected chi connectivity index (χ1v) is 5.73. The van der Waals surface area contributed by atoms with Gasteiger partial charge in [0.1, 0.15) is 0 Å². The van der Waals surface area contributed by atoms with Crippen molar-refractivity contribution >= 4 is 22.4 Å². The smallest absolute Gasteiger partial charge is 0.291 e. The maximum absolute atomic E-state index is 12.8. The van der Waals surface area contributed by atoms with Crippen molar-refractivity contribution in [1.82, 2.24) is 15.5 Å². The molecule has 1 aliphatic heterocycles. The molecule has 10 heteroatoms. The van der Waals surface area contributed by atoms with Crippen molar-refractivity contribution in [2.24, 2.45) is 0 Å². The van der Waals surface area contributed by atoms with Crippen LogP contribution in [0.25, 0.3) is 0 Å². The molecule has 1 unspecified atom stereocenters. The monoisotopic (exact) mass is 284 g/mol. The van der Waals surface area contributed by atoms with Crippen molar-refractivity contribution in [2.75, 3.05) is 11.9 Å². The largest absolute Gasteiger partial charge is 0.300 e. The Labute approximate surface area is 103 Å². The van der Waals surface area contributed by atoms with Crippen molar-refractivity contribution in [1.29, 1.82) is 0 Å². The molecule has 0 aromatic carbocycles. The molecule has 0 saturated carbocycles. The Hall–Kier alpha value is -1.29. The number of anilines is 1. The minimum atomic E-state index is -2.93. The fourth-order valence-corrected chi connectivity index (χ4v) is 2.07. The molecule has 0 spiro atoms. The van der Waals surface area contributed by atoms with Gasteiger partial charge in [0.25, 0.3) is 12.3 Å². The highest BCUT2D eigenvalue weighted by Gasteiger charge is 2.42. The summed E-state index contributed by atoms with van der Waals surface area (Å²) in [5.41, 5.74) is 0. The van der Waals surface area contributed by atoms with Crippen LogP contribution in [0.1, 0.15) is 17.9 Å². The minimum absolute atomic E-state index is 0.132. The Morgan fingerprint density at radius 1 is 1.50 bits per heavy atom. The van der Waals surface area contributed by atoms with Gasteiger partial charge in [0, 0.05) is 6.42 Å². The number of nitrogens with zero attached hydrogens (tertiary/aromatic N) is 2. The average molecular weight is 284 g/mol.